The minimum atomic E-state index is 0.417. The summed E-state index contributed by atoms with van der Waals surface area (Å²) in [5.41, 5.74) is 1.07. The second kappa shape index (κ2) is 6.49. The number of piperazine rings is 1. The number of anilines is 1. The monoisotopic (exact) mass is 321 g/mol. The fraction of sp³-hybridized carbons (Fsp3) is 0.250. The van der Waals surface area contributed by atoms with Crippen molar-refractivity contribution >= 4 is 16.6 Å². The van der Waals surface area contributed by atoms with E-state index in [9.17, 15) is 5.11 Å². The molecule has 0 unspecified atom stereocenters. The van der Waals surface area contributed by atoms with E-state index in [0.29, 0.717) is 5.75 Å². The molecule has 24 heavy (non-hydrogen) atoms. The van der Waals surface area contributed by atoms with Crippen molar-refractivity contribution in [2.45, 2.75) is 6.54 Å². The number of phenols is 1. The molecule has 4 rings (SSSR count). The Kier molecular flexibility index (Phi) is 4.05. The normalized spacial score (nSPS) is 15.8. The highest BCUT2D eigenvalue weighted by atomic mass is 16.3. The average Bonchev–Trinajstić information content (AvgIpc) is 2.65. The van der Waals surface area contributed by atoms with E-state index in [-0.39, 0.29) is 0 Å². The molecule has 2 aromatic carbocycles. The van der Waals surface area contributed by atoms with E-state index in [2.05, 4.69) is 34.1 Å². The van der Waals surface area contributed by atoms with Gasteiger partial charge in [0.05, 0.1) is 11.8 Å². The summed E-state index contributed by atoms with van der Waals surface area (Å²) >= 11 is 0. The molecule has 2 heterocycles. The first-order valence-electron chi connectivity index (χ1n) is 8.56. The van der Waals surface area contributed by atoms with Gasteiger partial charge in [-0.25, -0.2) is 4.98 Å². The molecule has 0 bridgehead atoms. The van der Waals surface area contributed by atoms with Gasteiger partial charge < -0.3 is 10.0 Å². The molecule has 0 atom stereocenters. The van der Waals surface area contributed by atoms with Gasteiger partial charge in [-0.05, 0) is 22.9 Å². The molecular weight excluding hydrogens is 298 g/mol. The first-order valence-corrected chi connectivity index (χ1v) is 8.56. The molecular formula is C20H23N3O+2. The third kappa shape index (κ3) is 2.93. The van der Waals surface area contributed by atoms with Crippen LogP contribution in [0.5, 0.6) is 5.75 Å². The van der Waals surface area contributed by atoms with Crippen molar-refractivity contribution in [3.8, 4) is 5.75 Å². The number of hydrogen-bond acceptors (Lipinski definition) is 2. The summed E-state index contributed by atoms with van der Waals surface area (Å²) in [6.45, 7) is 5.08. The zero-order valence-electron chi connectivity index (χ0n) is 13.7. The number of rotatable bonds is 3. The molecule has 4 nitrogen and oxygen atoms in total. The summed E-state index contributed by atoms with van der Waals surface area (Å²) < 4.78 is 0. The van der Waals surface area contributed by atoms with Crippen LogP contribution in [0.1, 0.15) is 5.56 Å². The second-order valence-electron chi connectivity index (χ2n) is 6.45. The van der Waals surface area contributed by atoms with Gasteiger partial charge in [-0.2, -0.15) is 0 Å². The largest absolute Gasteiger partial charge is 0.507 e. The lowest BCUT2D eigenvalue weighted by Gasteiger charge is -2.28. The highest BCUT2D eigenvalue weighted by molar-refractivity contribution is 5.87. The Labute approximate surface area is 142 Å². The number of hydrogen-bond donors (Lipinski definition) is 2. The molecule has 0 saturated carbocycles. The summed E-state index contributed by atoms with van der Waals surface area (Å²) in [6, 6.07) is 18.3. The number of pyridine rings is 1. The van der Waals surface area contributed by atoms with Crippen molar-refractivity contribution in [1.82, 2.24) is 0 Å². The lowest BCUT2D eigenvalue weighted by Crippen LogP contribution is -3.13. The van der Waals surface area contributed by atoms with E-state index in [0.717, 1.165) is 38.3 Å². The van der Waals surface area contributed by atoms with Gasteiger partial charge in [-0.1, -0.05) is 36.4 Å². The quantitative estimate of drug-likeness (QED) is 0.763. The molecule has 3 N–H and O–H groups in total. The van der Waals surface area contributed by atoms with Gasteiger partial charge in [-0.3, -0.25) is 4.90 Å². The molecule has 1 saturated heterocycles. The summed E-state index contributed by atoms with van der Waals surface area (Å²) in [5, 5.41) is 12.7. The number of H-pyrrole nitrogens is 1. The van der Waals surface area contributed by atoms with E-state index in [1.54, 1.807) is 0 Å². The molecule has 3 aromatic rings. The second-order valence-corrected chi connectivity index (χ2v) is 6.45. The maximum Gasteiger partial charge on any atom is 0.274 e. The third-order valence-electron chi connectivity index (χ3n) is 4.95. The maximum absolute atomic E-state index is 10.3. The molecule has 122 valence electrons. The Morgan fingerprint density at radius 1 is 0.958 bits per heavy atom. The van der Waals surface area contributed by atoms with E-state index >= 15 is 0 Å². The third-order valence-corrected chi connectivity index (χ3v) is 4.95. The van der Waals surface area contributed by atoms with Crippen LogP contribution in [-0.2, 0) is 6.54 Å². The first kappa shape index (κ1) is 15.0. The topological polar surface area (TPSA) is 42.1 Å². The van der Waals surface area contributed by atoms with Crippen LogP contribution in [0.4, 0.5) is 5.82 Å². The van der Waals surface area contributed by atoms with Crippen LogP contribution >= 0.6 is 0 Å². The Morgan fingerprint density at radius 2 is 1.75 bits per heavy atom. The van der Waals surface area contributed by atoms with Gasteiger partial charge >= 0.3 is 0 Å². The highest BCUT2D eigenvalue weighted by Gasteiger charge is 2.26. The van der Waals surface area contributed by atoms with Gasteiger partial charge in [-0.15, -0.1) is 0 Å². The van der Waals surface area contributed by atoms with Gasteiger partial charge in [0, 0.05) is 6.07 Å². The minimum absolute atomic E-state index is 0.417. The smallest absolute Gasteiger partial charge is 0.274 e. The fourth-order valence-corrected chi connectivity index (χ4v) is 3.58. The van der Waals surface area contributed by atoms with Crippen LogP contribution in [0.25, 0.3) is 10.8 Å². The predicted molar refractivity (Wildman–Crippen MR) is 95.2 cm³/mol. The van der Waals surface area contributed by atoms with Crippen LogP contribution in [0.15, 0.2) is 60.8 Å². The predicted octanol–water partition coefficient (Wildman–Crippen LogP) is 1.26. The van der Waals surface area contributed by atoms with Gasteiger partial charge in [0.1, 0.15) is 38.5 Å². The first-order chi connectivity index (χ1) is 11.8. The number of aromatic hydroxyl groups is 1. The summed E-state index contributed by atoms with van der Waals surface area (Å²) in [7, 11) is 0. The van der Waals surface area contributed by atoms with Gasteiger partial charge in [0.2, 0.25) is 0 Å². The van der Waals surface area contributed by atoms with Gasteiger partial charge in [0.25, 0.3) is 5.82 Å². The average molecular weight is 321 g/mol. The molecule has 4 heteroatoms. The number of phenolic OH excluding ortho intramolecular Hbond substituents is 1. The van der Waals surface area contributed by atoms with Crippen molar-refractivity contribution in [2.75, 3.05) is 31.1 Å². The number of quaternary nitrogens is 1. The lowest BCUT2D eigenvalue weighted by molar-refractivity contribution is -0.914. The zero-order chi connectivity index (χ0) is 16.4. The van der Waals surface area contributed by atoms with Crippen molar-refractivity contribution in [3.63, 3.8) is 0 Å². The Balaban J connectivity index is 1.49. The number of benzene rings is 2. The molecule has 1 aromatic heterocycles. The SMILES string of the molecule is Oc1ccc2ccccc2c1C[NH+]1CCN(c2cccc[nH+]2)CC1. The Hall–Kier alpha value is -2.59. The lowest BCUT2D eigenvalue weighted by atomic mass is 10.0. The molecule has 0 spiro atoms. The van der Waals surface area contributed by atoms with Crippen molar-refractivity contribution in [1.29, 1.82) is 0 Å². The molecule has 0 radical (unpaired) electrons. The molecule has 0 amide bonds. The van der Waals surface area contributed by atoms with E-state index in [1.807, 2.05) is 36.5 Å². The maximum atomic E-state index is 10.3. The van der Waals surface area contributed by atoms with E-state index in [1.165, 1.54) is 21.5 Å². The van der Waals surface area contributed by atoms with Crippen molar-refractivity contribution in [2.24, 2.45) is 0 Å². The highest BCUT2D eigenvalue weighted by Crippen LogP contribution is 2.26. The number of aromatic amines is 1. The van der Waals surface area contributed by atoms with Crippen molar-refractivity contribution in [3.05, 3.63) is 66.4 Å². The minimum Gasteiger partial charge on any atom is -0.507 e. The van der Waals surface area contributed by atoms with Crippen LogP contribution in [0, 0.1) is 0 Å². The summed E-state index contributed by atoms with van der Waals surface area (Å²) in [5.74, 6) is 1.60. The zero-order valence-corrected chi connectivity index (χ0v) is 13.7. The number of aromatic nitrogens is 1. The Bertz CT molecular complexity index is 827. The van der Waals surface area contributed by atoms with Crippen molar-refractivity contribution < 1.29 is 15.0 Å². The van der Waals surface area contributed by atoms with Gasteiger partial charge in [0.15, 0.2) is 0 Å². The van der Waals surface area contributed by atoms with Crippen LogP contribution in [0.3, 0.4) is 0 Å². The van der Waals surface area contributed by atoms with E-state index < -0.39 is 0 Å². The fourth-order valence-electron chi connectivity index (χ4n) is 3.58. The Morgan fingerprint density at radius 3 is 2.54 bits per heavy atom. The van der Waals surface area contributed by atoms with E-state index in [4.69, 9.17) is 0 Å². The molecule has 0 aliphatic carbocycles. The summed E-state index contributed by atoms with van der Waals surface area (Å²) in [4.78, 5) is 7.23. The van der Waals surface area contributed by atoms with Crippen LogP contribution in [-0.4, -0.2) is 31.3 Å². The summed E-state index contributed by atoms with van der Waals surface area (Å²) in [6.07, 6.45) is 1.97. The number of nitrogens with zero attached hydrogens (tertiary/aromatic N) is 1. The number of fused-ring (bicyclic) bond motifs is 1. The standard InChI is InChI=1S/C20H21N3O/c24-19-9-8-16-5-1-2-6-17(16)18(19)15-22-11-13-23(14-12-22)20-7-3-4-10-21-20/h1-10,24H,11-15H2/p+2. The van der Waals surface area contributed by atoms with Crippen LogP contribution < -0.4 is 14.8 Å². The molecule has 1 aliphatic rings. The molecule has 1 fully saturated rings. The van der Waals surface area contributed by atoms with Crippen LogP contribution in [0.2, 0.25) is 0 Å². The molecule has 1 aliphatic heterocycles. The number of nitrogens with one attached hydrogen (secondary N) is 2.